The van der Waals surface area contributed by atoms with E-state index in [0.717, 1.165) is 24.8 Å². The first kappa shape index (κ1) is 17.3. The number of likely N-dealkylation sites (tertiary alicyclic amines) is 1. The van der Waals surface area contributed by atoms with Gasteiger partial charge in [-0.1, -0.05) is 43.2 Å². The highest BCUT2D eigenvalue weighted by molar-refractivity contribution is 7.89. The predicted octanol–water partition coefficient (Wildman–Crippen LogP) is 2.73. The topological polar surface area (TPSA) is 79.6 Å². The summed E-state index contributed by atoms with van der Waals surface area (Å²) in [6.45, 7) is 0.683. The Morgan fingerprint density at radius 2 is 1.96 bits per heavy atom. The van der Waals surface area contributed by atoms with Crippen molar-refractivity contribution in [3.8, 4) is 0 Å². The largest absolute Gasteiger partial charge is 0.438 e. The normalized spacial score (nSPS) is 25.4. The van der Waals surface area contributed by atoms with Gasteiger partial charge in [0.25, 0.3) is 15.9 Å². The molecular formula is C19H22N2O4S. The smallest absolute Gasteiger partial charge is 0.290 e. The molecule has 1 saturated carbocycles. The van der Waals surface area contributed by atoms with Crippen molar-refractivity contribution in [3.63, 3.8) is 0 Å². The molecule has 7 heteroatoms. The van der Waals surface area contributed by atoms with Crippen LogP contribution in [0, 0.1) is 5.92 Å². The van der Waals surface area contributed by atoms with Gasteiger partial charge in [-0.15, -0.1) is 0 Å². The van der Waals surface area contributed by atoms with Crippen LogP contribution in [0.3, 0.4) is 0 Å². The second-order valence-electron chi connectivity index (χ2n) is 6.97. The minimum Gasteiger partial charge on any atom is -0.438 e. The molecule has 2 fully saturated rings. The van der Waals surface area contributed by atoms with E-state index in [9.17, 15) is 13.2 Å². The van der Waals surface area contributed by atoms with Crippen molar-refractivity contribution in [2.75, 3.05) is 13.6 Å². The van der Waals surface area contributed by atoms with Gasteiger partial charge >= 0.3 is 0 Å². The maximum atomic E-state index is 13.1. The number of hydrogen-bond donors (Lipinski definition) is 1. The number of amides is 1. The summed E-state index contributed by atoms with van der Waals surface area (Å²) in [6, 6.07) is 12.9. The molecule has 1 aromatic heterocycles. The van der Waals surface area contributed by atoms with Crippen LogP contribution in [0.2, 0.25) is 0 Å². The van der Waals surface area contributed by atoms with Crippen LogP contribution in [0.4, 0.5) is 0 Å². The van der Waals surface area contributed by atoms with Crippen LogP contribution >= 0.6 is 0 Å². The van der Waals surface area contributed by atoms with E-state index in [0.29, 0.717) is 12.5 Å². The second kappa shape index (κ2) is 6.25. The number of nitrogens with zero attached hydrogens (tertiary/aromatic N) is 1. The Morgan fingerprint density at radius 1 is 1.19 bits per heavy atom. The van der Waals surface area contributed by atoms with Crippen molar-refractivity contribution in [2.45, 2.75) is 36.3 Å². The first-order valence-corrected chi connectivity index (χ1v) is 10.4. The van der Waals surface area contributed by atoms with Crippen LogP contribution in [0.1, 0.15) is 41.8 Å². The standard InChI is InChI=1S/C19H22N2O4S/c1-20-26(23,24)17-11-10-16(25-17)18(22)21-13-15-9-5-6-12-19(15,21)14-7-3-2-4-8-14/h2-4,7-8,10-11,15,20H,5-6,9,12-13H2,1H3/t15-,19+/m1/s1. The monoisotopic (exact) mass is 374 g/mol. The molecule has 0 radical (unpaired) electrons. The molecule has 1 aromatic carbocycles. The Balaban J connectivity index is 1.68. The highest BCUT2D eigenvalue weighted by Crippen LogP contribution is 2.54. The van der Waals surface area contributed by atoms with Crippen molar-refractivity contribution in [1.82, 2.24) is 9.62 Å². The van der Waals surface area contributed by atoms with Gasteiger partial charge in [-0.3, -0.25) is 4.79 Å². The van der Waals surface area contributed by atoms with Gasteiger partial charge in [-0.05, 0) is 37.6 Å². The third-order valence-electron chi connectivity index (χ3n) is 5.77. The summed E-state index contributed by atoms with van der Waals surface area (Å²) in [5.41, 5.74) is 0.852. The van der Waals surface area contributed by atoms with E-state index in [1.54, 1.807) is 0 Å². The molecule has 0 unspecified atom stereocenters. The third kappa shape index (κ3) is 2.49. The number of benzene rings is 1. The number of hydrogen-bond acceptors (Lipinski definition) is 4. The van der Waals surface area contributed by atoms with Gasteiger partial charge in [0, 0.05) is 12.5 Å². The molecule has 0 bridgehead atoms. The van der Waals surface area contributed by atoms with Gasteiger partial charge in [-0.25, -0.2) is 13.1 Å². The first-order chi connectivity index (χ1) is 12.5. The Bertz CT molecular complexity index is 922. The summed E-state index contributed by atoms with van der Waals surface area (Å²) >= 11 is 0. The third-order valence-corrected chi connectivity index (χ3v) is 7.05. The fourth-order valence-corrected chi connectivity index (χ4v) is 5.08. The molecule has 2 atom stereocenters. The molecule has 1 saturated heterocycles. The van der Waals surface area contributed by atoms with E-state index >= 15 is 0 Å². The van der Waals surface area contributed by atoms with Gasteiger partial charge in [0.1, 0.15) is 0 Å². The van der Waals surface area contributed by atoms with Crippen LogP contribution < -0.4 is 4.72 Å². The molecule has 2 heterocycles. The lowest BCUT2D eigenvalue weighted by Crippen LogP contribution is -2.67. The summed E-state index contributed by atoms with van der Waals surface area (Å²) in [7, 11) is -2.39. The average Bonchev–Trinajstić information content (AvgIpc) is 3.14. The summed E-state index contributed by atoms with van der Waals surface area (Å²) in [5.74, 6) is 0.265. The van der Waals surface area contributed by atoms with Crippen molar-refractivity contribution in [2.24, 2.45) is 5.92 Å². The minimum atomic E-state index is -3.70. The van der Waals surface area contributed by atoms with Gasteiger partial charge in [0.15, 0.2) is 5.76 Å². The predicted molar refractivity (Wildman–Crippen MR) is 96.1 cm³/mol. The van der Waals surface area contributed by atoms with Crippen LogP contribution in [0.25, 0.3) is 0 Å². The molecule has 6 nitrogen and oxygen atoms in total. The van der Waals surface area contributed by atoms with Crippen LogP contribution in [0.15, 0.2) is 52.0 Å². The van der Waals surface area contributed by atoms with Crippen LogP contribution in [0.5, 0.6) is 0 Å². The Morgan fingerprint density at radius 3 is 2.65 bits per heavy atom. The van der Waals surface area contributed by atoms with Crippen LogP contribution in [-0.2, 0) is 15.6 Å². The molecule has 138 valence electrons. The minimum absolute atomic E-state index is 0.0677. The maximum absolute atomic E-state index is 13.1. The number of sulfonamides is 1. The van der Waals surface area contributed by atoms with Crippen molar-refractivity contribution < 1.29 is 17.6 Å². The van der Waals surface area contributed by atoms with Gasteiger partial charge in [0.2, 0.25) is 5.09 Å². The SMILES string of the molecule is CNS(=O)(=O)c1ccc(C(=O)N2C[C@H]3CCCC[C@]32c2ccccc2)o1. The van der Waals surface area contributed by atoms with E-state index in [-0.39, 0.29) is 22.3 Å². The lowest BCUT2D eigenvalue weighted by molar-refractivity contribution is -0.0883. The summed E-state index contributed by atoms with van der Waals surface area (Å²) in [4.78, 5) is 15.0. The Kier molecular flexibility index (Phi) is 4.16. The Labute approximate surface area is 153 Å². The van der Waals surface area contributed by atoms with E-state index in [4.69, 9.17) is 4.42 Å². The van der Waals surface area contributed by atoms with Crippen LogP contribution in [-0.4, -0.2) is 32.8 Å². The van der Waals surface area contributed by atoms with E-state index in [2.05, 4.69) is 16.9 Å². The van der Waals surface area contributed by atoms with Gasteiger partial charge < -0.3 is 9.32 Å². The zero-order chi connectivity index (χ0) is 18.4. The molecule has 1 N–H and O–H groups in total. The Hall–Kier alpha value is -2.12. The molecule has 0 spiro atoms. The molecule has 1 aliphatic heterocycles. The number of nitrogens with one attached hydrogen (secondary N) is 1. The van der Waals surface area contributed by atoms with Crippen molar-refractivity contribution in [3.05, 3.63) is 53.8 Å². The molecule has 4 rings (SSSR count). The van der Waals surface area contributed by atoms with E-state index < -0.39 is 10.0 Å². The molecule has 2 aromatic rings. The molecule has 1 amide bonds. The molecular weight excluding hydrogens is 352 g/mol. The van der Waals surface area contributed by atoms with Crippen molar-refractivity contribution in [1.29, 1.82) is 0 Å². The first-order valence-electron chi connectivity index (χ1n) is 8.90. The summed E-state index contributed by atoms with van der Waals surface area (Å²) < 4.78 is 31.3. The van der Waals surface area contributed by atoms with E-state index in [1.807, 2.05) is 23.1 Å². The fraction of sp³-hybridized carbons (Fsp3) is 0.421. The lowest BCUT2D eigenvalue weighted by Gasteiger charge is -2.61. The van der Waals surface area contributed by atoms with Crippen molar-refractivity contribution >= 4 is 15.9 Å². The summed E-state index contributed by atoms with van der Waals surface area (Å²) in [5, 5.41) is -0.238. The number of furan rings is 1. The van der Waals surface area contributed by atoms with Gasteiger partial charge in [-0.2, -0.15) is 0 Å². The number of fused-ring (bicyclic) bond motifs is 1. The fourth-order valence-electron chi connectivity index (χ4n) is 4.44. The number of carbonyl (C=O) groups excluding carboxylic acids is 1. The molecule has 1 aliphatic carbocycles. The lowest BCUT2D eigenvalue weighted by atomic mass is 9.61. The summed E-state index contributed by atoms with van der Waals surface area (Å²) in [6.07, 6.45) is 4.30. The molecule has 26 heavy (non-hydrogen) atoms. The number of carbonyl (C=O) groups is 1. The second-order valence-corrected chi connectivity index (χ2v) is 8.79. The highest BCUT2D eigenvalue weighted by Gasteiger charge is 2.57. The van der Waals surface area contributed by atoms with Gasteiger partial charge in [0.05, 0.1) is 5.54 Å². The maximum Gasteiger partial charge on any atom is 0.290 e. The number of rotatable bonds is 4. The zero-order valence-corrected chi connectivity index (χ0v) is 15.5. The quantitative estimate of drug-likeness (QED) is 0.892. The molecule has 2 aliphatic rings. The van der Waals surface area contributed by atoms with E-state index in [1.165, 1.54) is 25.6 Å². The zero-order valence-electron chi connectivity index (χ0n) is 14.6. The average molecular weight is 374 g/mol. The highest BCUT2D eigenvalue weighted by atomic mass is 32.2.